The summed E-state index contributed by atoms with van der Waals surface area (Å²) in [7, 11) is 0. The van der Waals surface area contributed by atoms with Crippen LogP contribution in [0, 0.1) is 0 Å². The van der Waals surface area contributed by atoms with Gasteiger partial charge in [-0.2, -0.15) is 0 Å². The highest BCUT2D eigenvalue weighted by molar-refractivity contribution is 5.93. The van der Waals surface area contributed by atoms with Crippen LogP contribution in [0.15, 0.2) is 23.0 Å². The molecule has 0 aliphatic carbocycles. The standard InChI is InChI=1S/C12H17NO3/c1-12(15)4-2-6-13(7-5-12)11(14)10-3-8-16-9-10/h3,8-9,15H,2,4-7H2,1H3. The Morgan fingerprint density at radius 2 is 2.31 bits per heavy atom. The van der Waals surface area contributed by atoms with Gasteiger partial charge in [0.05, 0.1) is 17.4 Å². The fourth-order valence-corrected chi connectivity index (χ4v) is 2.04. The van der Waals surface area contributed by atoms with Crippen molar-refractivity contribution < 1.29 is 14.3 Å². The van der Waals surface area contributed by atoms with Gasteiger partial charge in [-0.1, -0.05) is 0 Å². The molecular formula is C12H17NO3. The number of likely N-dealkylation sites (tertiary alicyclic amines) is 1. The first-order valence-electron chi connectivity index (χ1n) is 5.62. The van der Waals surface area contributed by atoms with Crippen LogP contribution in [-0.2, 0) is 0 Å². The number of hydrogen-bond acceptors (Lipinski definition) is 3. The molecule has 1 unspecified atom stereocenters. The molecule has 1 N–H and O–H groups in total. The van der Waals surface area contributed by atoms with Gasteiger partial charge in [-0.05, 0) is 32.3 Å². The number of nitrogens with zero attached hydrogens (tertiary/aromatic N) is 1. The molecule has 0 radical (unpaired) electrons. The lowest BCUT2D eigenvalue weighted by molar-refractivity contribution is 0.0438. The lowest BCUT2D eigenvalue weighted by Gasteiger charge is -2.22. The third-order valence-corrected chi connectivity index (χ3v) is 3.12. The van der Waals surface area contributed by atoms with E-state index in [1.807, 2.05) is 6.92 Å². The second kappa shape index (κ2) is 4.29. The maximum Gasteiger partial charge on any atom is 0.257 e. The van der Waals surface area contributed by atoms with Gasteiger partial charge in [0.2, 0.25) is 0 Å². The summed E-state index contributed by atoms with van der Waals surface area (Å²) >= 11 is 0. The molecule has 1 aromatic rings. The molecule has 0 bridgehead atoms. The van der Waals surface area contributed by atoms with Crippen LogP contribution < -0.4 is 0 Å². The van der Waals surface area contributed by atoms with E-state index in [9.17, 15) is 9.90 Å². The van der Waals surface area contributed by atoms with E-state index in [4.69, 9.17) is 4.42 Å². The molecule has 1 amide bonds. The number of furan rings is 1. The Morgan fingerprint density at radius 1 is 1.50 bits per heavy atom. The minimum Gasteiger partial charge on any atom is -0.472 e. The Hall–Kier alpha value is -1.29. The highest BCUT2D eigenvalue weighted by Crippen LogP contribution is 2.22. The summed E-state index contributed by atoms with van der Waals surface area (Å²) in [6.45, 7) is 3.15. The first-order valence-corrected chi connectivity index (χ1v) is 5.62. The Morgan fingerprint density at radius 3 is 3.00 bits per heavy atom. The van der Waals surface area contributed by atoms with Gasteiger partial charge < -0.3 is 14.4 Å². The van der Waals surface area contributed by atoms with Crippen LogP contribution in [0.3, 0.4) is 0 Å². The third kappa shape index (κ3) is 2.44. The molecule has 16 heavy (non-hydrogen) atoms. The maximum absolute atomic E-state index is 12.0. The molecule has 1 saturated heterocycles. The van der Waals surface area contributed by atoms with Gasteiger partial charge in [0, 0.05) is 13.1 Å². The van der Waals surface area contributed by atoms with Crippen LogP contribution >= 0.6 is 0 Å². The van der Waals surface area contributed by atoms with Crippen molar-refractivity contribution in [3.8, 4) is 0 Å². The van der Waals surface area contributed by atoms with Gasteiger partial charge in [-0.15, -0.1) is 0 Å². The van der Waals surface area contributed by atoms with Gasteiger partial charge in [0.15, 0.2) is 0 Å². The second-order valence-corrected chi connectivity index (χ2v) is 4.65. The van der Waals surface area contributed by atoms with Gasteiger partial charge in [-0.3, -0.25) is 4.79 Å². The molecular weight excluding hydrogens is 206 g/mol. The average molecular weight is 223 g/mol. The van der Waals surface area contributed by atoms with Crippen molar-refractivity contribution in [2.45, 2.75) is 31.8 Å². The largest absolute Gasteiger partial charge is 0.472 e. The van der Waals surface area contributed by atoms with Crippen molar-refractivity contribution in [1.82, 2.24) is 4.90 Å². The molecule has 4 nitrogen and oxygen atoms in total. The lowest BCUT2D eigenvalue weighted by atomic mass is 9.98. The van der Waals surface area contributed by atoms with E-state index < -0.39 is 5.60 Å². The summed E-state index contributed by atoms with van der Waals surface area (Å²) in [5.41, 5.74) is -0.0487. The van der Waals surface area contributed by atoms with Crippen LogP contribution in [0.4, 0.5) is 0 Å². The summed E-state index contributed by atoms with van der Waals surface area (Å²) in [6.07, 6.45) is 5.20. The maximum atomic E-state index is 12.0. The van der Waals surface area contributed by atoms with Crippen LogP contribution in [0.1, 0.15) is 36.5 Å². The van der Waals surface area contributed by atoms with Crippen molar-refractivity contribution in [3.63, 3.8) is 0 Å². The summed E-state index contributed by atoms with van der Waals surface area (Å²) in [6, 6.07) is 1.67. The predicted octanol–water partition coefficient (Wildman–Crippen LogP) is 1.66. The SMILES string of the molecule is CC1(O)CCCN(C(=O)c2ccoc2)CC1. The molecule has 0 saturated carbocycles. The normalized spacial score (nSPS) is 26.5. The number of hydrogen-bond donors (Lipinski definition) is 1. The molecule has 0 spiro atoms. The summed E-state index contributed by atoms with van der Waals surface area (Å²) in [5, 5.41) is 9.93. The molecule has 0 aromatic carbocycles. The zero-order chi connectivity index (χ0) is 11.6. The second-order valence-electron chi connectivity index (χ2n) is 4.65. The molecule has 1 atom stereocenters. The molecule has 1 aliphatic rings. The quantitative estimate of drug-likeness (QED) is 0.787. The first kappa shape index (κ1) is 11.2. The zero-order valence-electron chi connectivity index (χ0n) is 9.48. The Labute approximate surface area is 94.9 Å². The molecule has 1 aliphatic heterocycles. The molecule has 88 valence electrons. The van der Waals surface area contributed by atoms with Crippen LogP contribution in [-0.4, -0.2) is 34.6 Å². The fraction of sp³-hybridized carbons (Fsp3) is 0.583. The highest BCUT2D eigenvalue weighted by atomic mass is 16.3. The van der Waals surface area contributed by atoms with E-state index in [2.05, 4.69) is 0 Å². The molecule has 2 rings (SSSR count). The zero-order valence-corrected chi connectivity index (χ0v) is 9.48. The number of amides is 1. The van der Waals surface area contributed by atoms with Crippen molar-refractivity contribution in [2.24, 2.45) is 0 Å². The smallest absolute Gasteiger partial charge is 0.257 e. The Balaban J connectivity index is 2.03. The van der Waals surface area contributed by atoms with E-state index in [0.717, 1.165) is 12.8 Å². The molecule has 4 heteroatoms. The average Bonchev–Trinajstić information content (AvgIpc) is 2.69. The van der Waals surface area contributed by atoms with Gasteiger partial charge >= 0.3 is 0 Å². The van der Waals surface area contributed by atoms with Crippen LogP contribution in [0.5, 0.6) is 0 Å². The Kier molecular flexibility index (Phi) is 3.01. The van der Waals surface area contributed by atoms with E-state index in [1.54, 1.807) is 11.0 Å². The summed E-state index contributed by atoms with van der Waals surface area (Å²) < 4.78 is 4.90. The van der Waals surface area contributed by atoms with Crippen molar-refractivity contribution >= 4 is 5.91 Å². The Bertz CT molecular complexity index is 356. The topological polar surface area (TPSA) is 53.7 Å². The predicted molar refractivity (Wildman–Crippen MR) is 59.1 cm³/mol. The third-order valence-electron chi connectivity index (χ3n) is 3.12. The van der Waals surface area contributed by atoms with E-state index in [0.29, 0.717) is 25.1 Å². The summed E-state index contributed by atoms with van der Waals surface area (Å²) in [5.74, 6) is -0.00792. The van der Waals surface area contributed by atoms with E-state index in [1.165, 1.54) is 12.5 Å². The monoisotopic (exact) mass is 223 g/mol. The number of aliphatic hydroxyl groups is 1. The van der Waals surface area contributed by atoms with Gasteiger partial charge in [0.25, 0.3) is 5.91 Å². The van der Waals surface area contributed by atoms with Crippen molar-refractivity contribution in [2.75, 3.05) is 13.1 Å². The molecule has 1 aromatic heterocycles. The molecule has 1 fully saturated rings. The lowest BCUT2D eigenvalue weighted by Crippen LogP contribution is -2.33. The van der Waals surface area contributed by atoms with Crippen LogP contribution in [0.25, 0.3) is 0 Å². The first-order chi connectivity index (χ1) is 7.58. The summed E-state index contributed by atoms with van der Waals surface area (Å²) in [4.78, 5) is 13.8. The van der Waals surface area contributed by atoms with Crippen LogP contribution in [0.2, 0.25) is 0 Å². The minimum atomic E-state index is -0.634. The van der Waals surface area contributed by atoms with Gasteiger partial charge in [-0.25, -0.2) is 0 Å². The number of rotatable bonds is 1. The van der Waals surface area contributed by atoms with Crippen molar-refractivity contribution in [3.05, 3.63) is 24.2 Å². The van der Waals surface area contributed by atoms with E-state index in [-0.39, 0.29) is 5.91 Å². The fourth-order valence-electron chi connectivity index (χ4n) is 2.04. The van der Waals surface area contributed by atoms with Gasteiger partial charge in [0.1, 0.15) is 6.26 Å². The number of carbonyl (C=O) groups excluding carboxylic acids is 1. The van der Waals surface area contributed by atoms with E-state index >= 15 is 0 Å². The highest BCUT2D eigenvalue weighted by Gasteiger charge is 2.27. The van der Waals surface area contributed by atoms with Crippen molar-refractivity contribution in [1.29, 1.82) is 0 Å². The number of carbonyl (C=O) groups is 1. The molecule has 2 heterocycles. The minimum absolute atomic E-state index is 0.00792.